The lowest BCUT2D eigenvalue weighted by molar-refractivity contribution is -0.164. The van der Waals surface area contributed by atoms with Gasteiger partial charge in [0.2, 0.25) is 0 Å². The van der Waals surface area contributed by atoms with Crippen molar-refractivity contribution in [1.82, 2.24) is 9.55 Å². The molecule has 0 bridgehead atoms. The van der Waals surface area contributed by atoms with Crippen LogP contribution in [-0.4, -0.2) is 21.5 Å². The van der Waals surface area contributed by atoms with E-state index in [0.717, 1.165) is 5.69 Å². The predicted molar refractivity (Wildman–Crippen MR) is 56.0 cm³/mol. The second-order valence-corrected chi connectivity index (χ2v) is 4.02. The van der Waals surface area contributed by atoms with Crippen molar-refractivity contribution in [3.8, 4) is 0 Å². The molecule has 1 aliphatic heterocycles. The quantitative estimate of drug-likeness (QED) is 0.583. The zero-order valence-corrected chi connectivity index (χ0v) is 9.53. The highest BCUT2D eigenvalue weighted by Crippen LogP contribution is 2.32. The molecular weight excluding hydrogens is 232 g/mol. The van der Waals surface area contributed by atoms with Crippen LogP contribution in [0.5, 0.6) is 0 Å². The van der Waals surface area contributed by atoms with Crippen LogP contribution in [0.3, 0.4) is 0 Å². The number of carbonyl (C=O) groups is 2. The SMILES string of the molecule is CCn1cnc(Cl)c1C1CC(=O)OC(=O)C1. The topological polar surface area (TPSA) is 61.2 Å². The van der Waals surface area contributed by atoms with E-state index in [1.54, 1.807) is 6.33 Å². The first-order chi connectivity index (χ1) is 7.61. The Morgan fingerprint density at radius 1 is 1.50 bits per heavy atom. The van der Waals surface area contributed by atoms with E-state index in [4.69, 9.17) is 11.6 Å². The number of halogens is 1. The molecule has 2 rings (SSSR count). The molecule has 0 spiro atoms. The molecular formula is C10H11ClN2O3. The number of nitrogens with zero attached hydrogens (tertiary/aromatic N) is 2. The molecule has 1 aromatic rings. The molecule has 0 amide bonds. The van der Waals surface area contributed by atoms with E-state index in [0.29, 0.717) is 11.7 Å². The smallest absolute Gasteiger partial charge is 0.314 e. The van der Waals surface area contributed by atoms with Crippen LogP contribution in [0.15, 0.2) is 6.33 Å². The molecule has 16 heavy (non-hydrogen) atoms. The van der Waals surface area contributed by atoms with Crippen molar-refractivity contribution in [2.45, 2.75) is 32.2 Å². The maximum atomic E-state index is 11.2. The van der Waals surface area contributed by atoms with Gasteiger partial charge in [-0.25, -0.2) is 4.98 Å². The Hall–Kier alpha value is -1.36. The Labute approximate surface area is 97.4 Å². The fourth-order valence-corrected chi connectivity index (χ4v) is 2.21. The Balaban J connectivity index is 2.32. The molecule has 1 aliphatic rings. The predicted octanol–water partition coefficient (Wildman–Crippen LogP) is 1.50. The van der Waals surface area contributed by atoms with Crippen molar-refractivity contribution in [2.24, 2.45) is 0 Å². The highest BCUT2D eigenvalue weighted by atomic mass is 35.5. The number of aryl methyl sites for hydroxylation is 1. The van der Waals surface area contributed by atoms with Crippen LogP contribution in [0, 0.1) is 0 Å². The summed E-state index contributed by atoms with van der Waals surface area (Å²) < 4.78 is 6.32. The minimum atomic E-state index is -0.499. The van der Waals surface area contributed by atoms with Crippen molar-refractivity contribution in [3.05, 3.63) is 17.2 Å². The summed E-state index contributed by atoms with van der Waals surface area (Å²) >= 11 is 5.96. The summed E-state index contributed by atoms with van der Waals surface area (Å²) in [5.74, 6) is -1.22. The van der Waals surface area contributed by atoms with Gasteiger partial charge in [0.05, 0.1) is 24.9 Å². The van der Waals surface area contributed by atoms with Gasteiger partial charge >= 0.3 is 11.9 Å². The molecule has 86 valence electrons. The number of carbonyl (C=O) groups excluding carboxylic acids is 2. The second kappa shape index (κ2) is 4.25. The highest BCUT2D eigenvalue weighted by molar-refractivity contribution is 6.30. The first kappa shape index (κ1) is 11.1. The van der Waals surface area contributed by atoms with E-state index in [2.05, 4.69) is 9.72 Å². The molecule has 2 heterocycles. The summed E-state index contributed by atoms with van der Waals surface area (Å²) in [6.45, 7) is 2.65. The van der Waals surface area contributed by atoms with E-state index in [1.165, 1.54) is 0 Å². The molecule has 0 atom stereocenters. The molecule has 1 aromatic heterocycles. The molecule has 1 saturated heterocycles. The van der Waals surface area contributed by atoms with Gasteiger partial charge in [0, 0.05) is 12.5 Å². The first-order valence-corrected chi connectivity index (χ1v) is 5.43. The average Bonchev–Trinajstić information content (AvgIpc) is 2.58. The van der Waals surface area contributed by atoms with Gasteiger partial charge in [0.15, 0.2) is 5.15 Å². The van der Waals surface area contributed by atoms with Crippen LogP contribution >= 0.6 is 11.6 Å². The zero-order valence-electron chi connectivity index (χ0n) is 8.77. The van der Waals surface area contributed by atoms with Gasteiger partial charge in [-0.2, -0.15) is 0 Å². The fourth-order valence-electron chi connectivity index (χ4n) is 1.90. The number of rotatable bonds is 2. The lowest BCUT2D eigenvalue weighted by atomic mass is 9.96. The lowest BCUT2D eigenvalue weighted by Crippen LogP contribution is -2.25. The average molecular weight is 243 g/mol. The molecule has 0 unspecified atom stereocenters. The van der Waals surface area contributed by atoms with Crippen LogP contribution in [-0.2, 0) is 20.9 Å². The summed E-state index contributed by atoms with van der Waals surface area (Å²) in [5.41, 5.74) is 0.745. The number of esters is 2. The fraction of sp³-hybridized carbons (Fsp3) is 0.500. The van der Waals surface area contributed by atoms with Crippen LogP contribution in [0.4, 0.5) is 0 Å². The largest absolute Gasteiger partial charge is 0.393 e. The van der Waals surface area contributed by atoms with Gasteiger partial charge < -0.3 is 9.30 Å². The van der Waals surface area contributed by atoms with Crippen LogP contribution < -0.4 is 0 Å². The lowest BCUT2D eigenvalue weighted by Gasteiger charge is -2.21. The van der Waals surface area contributed by atoms with Crippen molar-refractivity contribution in [3.63, 3.8) is 0 Å². The van der Waals surface area contributed by atoms with Gasteiger partial charge in [-0.3, -0.25) is 9.59 Å². The zero-order chi connectivity index (χ0) is 11.7. The molecule has 0 saturated carbocycles. The molecule has 5 nitrogen and oxygen atoms in total. The monoisotopic (exact) mass is 242 g/mol. The van der Waals surface area contributed by atoms with Crippen LogP contribution in [0.25, 0.3) is 0 Å². The third-order valence-electron chi connectivity index (χ3n) is 2.61. The number of ether oxygens (including phenoxy) is 1. The normalized spacial score (nSPS) is 17.6. The number of hydrogen-bond donors (Lipinski definition) is 0. The number of cyclic esters (lactones) is 2. The van der Waals surface area contributed by atoms with E-state index in [1.807, 2.05) is 11.5 Å². The van der Waals surface area contributed by atoms with Crippen molar-refractivity contribution in [2.75, 3.05) is 0 Å². The third-order valence-corrected chi connectivity index (χ3v) is 2.90. The summed E-state index contributed by atoms with van der Waals surface area (Å²) in [5, 5.41) is 0.356. The Morgan fingerprint density at radius 2 is 2.12 bits per heavy atom. The van der Waals surface area contributed by atoms with Gasteiger partial charge in [0.25, 0.3) is 0 Å². The van der Waals surface area contributed by atoms with E-state index in [9.17, 15) is 9.59 Å². The molecule has 6 heteroatoms. The van der Waals surface area contributed by atoms with Crippen molar-refractivity contribution in [1.29, 1.82) is 0 Å². The maximum Gasteiger partial charge on any atom is 0.314 e. The first-order valence-electron chi connectivity index (χ1n) is 5.05. The number of imidazole rings is 1. The standard InChI is InChI=1S/C10H11ClN2O3/c1-2-13-5-12-10(11)9(13)6-3-7(14)16-8(15)4-6/h5-6H,2-4H2,1H3. The number of aromatic nitrogens is 2. The Kier molecular flexibility index (Phi) is 2.96. The minimum absolute atomic E-state index is 0.178. The molecule has 0 N–H and O–H groups in total. The van der Waals surface area contributed by atoms with Gasteiger partial charge in [-0.15, -0.1) is 0 Å². The van der Waals surface area contributed by atoms with E-state index in [-0.39, 0.29) is 18.8 Å². The minimum Gasteiger partial charge on any atom is -0.393 e. The summed E-state index contributed by atoms with van der Waals surface area (Å²) in [4.78, 5) is 26.3. The second-order valence-electron chi connectivity index (χ2n) is 3.66. The Bertz CT molecular complexity index is 425. The van der Waals surface area contributed by atoms with Crippen molar-refractivity contribution < 1.29 is 14.3 Å². The van der Waals surface area contributed by atoms with Crippen LogP contribution in [0.1, 0.15) is 31.4 Å². The van der Waals surface area contributed by atoms with Gasteiger partial charge in [0.1, 0.15) is 0 Å². The molecule has 0 aliphatic carbocycles. The molecule has 0 aromatic carbocycles. The Morgan fingerprint density at radius 3 is 2.69 bits per heavy atom. The van der Waals surface area contributed by atoms with E-state index < -0.39 is 11.9 Å². The van der Waals surface area contributed by atoms with Gasteiger partial charge in [-0.1, -0.05) is 11.6 Å². The summed E-state index contributed by atoms with van der Waals surface area (Å²) in [6, 6.07) is 0. The summed E-state index contributed by atoms with van der Waals surface area (Å²) in [6.07, 6.45) is 1.97. The maximum absolute atomic E-state index is 11.2. The van der Waals surface area contributed by atoms with Gasteiger partial charge in [-0.05, 0) is 6.92 Å². The van der Waals surface area contributed by atoms with E-state index >= 15 is 0 Å². The third kappa shape index (κ3) is 1.95. The highest BCUT2D eigenvalue weighted by Gasteiger charge is 2.31. The summed E-state index contributed by atoms with van der Waals surface area (Å²) in [7, 11) is 0. The number of hydrogen-bond acceptors (Lipinski definition) is 4. The van der Waals surface area contributed by atoms with Crippen LogP contribution in [0.2, 0.25) is 5.15 Å². The molecule has 1 fully saturated rings. The van der Waals surface area contributed by atoms with Crippen molar-refractivity contribution >= 4 is 23.5 Å². The molecule has 0 radical (unpaired) electrons.